The molecule has 0 unspecified atom stereocenters. The second-order valence-corrected chi connectivity index (χ2v) is 8.29. The highest BCUT2D eigenvalue weighted by Gasteiger charge is 2.28. The molecule has 3 rings (SSSR count). The fourth-order valence-electron chi connectivity index (χ4n) is 2.94. The third kappa shape index (κ3) is 4.78. The molecule has 1 aliphatic rings. The van der Waals surface area contributed by atoms with Crippen molar-refractivity contribution < 1.29 is 22.4 Å². The van der Waals surface area contributed by atoms with Crippen LogP contribution >= 0.6 is 0 Å². The minimum atomic E-state index is -3.47. The topological polar surface area (TPSA) is 111 Å². The van der Waals surface area contributed by atoms with Gasteiger partial charge in [0.05, 0.1) is 5.69 Å². The van der Waals surface area contributed by atoms with Crippen LogP contribution in [0.3, 0.4) is 0 Å². The molecule has 2 N–H and O–H groups in total. The summed E-state index contributed by atoms with van der Waals surface area (Å²) in [7, 11) is -1.84. The number of hydrogen-bond acceptors (Lipinski definition) is 6. The predicted molar refractivity (Wildman–Crippen MR) is 101 cm³/mol. The van der Waals surface area contributed by atoms with E-state index in [1.54, 1.807) is 13.1 Å². The lowest BCUT2D eigenvalue weighted by Crippen LogP contribution is -2.53. The highest BCUT2D eigenvalue weighted by atomic mass is 32.2. The van der Waals surface area contributed by atoms with E-state index in [-0.39, 0.29) is 5.75 Å². The van der Waals surface area contributed by atoms with Gasteiger partial charge in [-0.25, -0.2) is 12.8 Å². The fourth-order valence-corrected chi connectivity index (χ4v) is 4.37. The van der Waals surface area contributed by atoms with Crippen LogP contribution in [0.15, 0.2) is 40.0 Å². The number of phenolic OH excluding ortho intramolecular Hbond substituents is 1. The predicted octanol–water partition coefficient (Wildman–Crippen LogP) is 0.742. The Hall–Kier alpha value is -2.66. The van der Waals surface area contributed by atoms with Crippen molar-refractivity contribution >= 4 is 16.0 Å². The zero-order valence-corrected chi connectivity index (χ0v) is 16.2. The first-order valence-electron chi connectivity index (χ1n) is 8.69. The fraction of sp³-hybridized carbons (Fsp3) is 0.412. The number of sulfonamides is 1. The Kier molecular flexibility index (Phi) is 6.15. The highest BCUT2D eigenvalue weighted by molar-refractivity contribution is 7.88. The first kappa shape index (κ1) is 20.1. The molecule has 1 fully saturated rings. The van der Waals surface area contributed by atoms with Gasteiger partial charge >= 0.3 is 0 Å². The number of benzene rings is 1. The van der Waals surface area contributed by atoms with Gasteiger partial charge in [0.15, 0.2) is 17.5 Å². The lowest BCUT2D eigenvalue weighted by molar-refractivity contribution is 0.259. The van der Waals surface area contributed by atoms with E-state index in [9.17, 15) is 17.9 Å². The molecule has 2 heterocycles. The van der Waals surface area contributed by atoms with Crippen molar-refractivity contribution in [3.8, 4) is 5.75 Å². The summed E-state index contributed by atoms with van der Waals surface area (Å²) >= 11 is 0. The Morgan fingerprint density at radius 1 is 1.32 bits per heavy atom. The monoisotopic (exact) mass is 411 g/mol. The molecule has 9 nitrogen and oxygen atoms in total. The van der Waals surface area contributed by atoms with Crippen LogP contribution in [0.25, 0.3) is 0 Å². The summed E-state index contributed by atoms with van der Waals surface area (Å²) in [5, 5.41) is 16.0. The number of halogens is 1. The Morgan fingerprint density at radius 3 is 2.68 bits per heavy atom. The van der Waals surface area contributed by atoms with Crippen molar-refractivity contribution in [1.82, 2.24) is 19.7 Å². The standard InChI is InChI=1S/C17H22FN5O4S/c1-19-17(20-11-13-2-3-16(24)15(18)10-13)22-5-7-23(8-6-22)28(25,26)12-14-4-9-27-21-14/h2-4,9-10,24H,5-8,11-12H2,1H3,(H,19,20). The molecular formula is C17H22FN5O4S. The van der Waals surface area contributed by atoms with E-state index in [0.717, 1.165) is 0 Å². The number of phenols is 1. The summed E-state index contributed by atoms with van der Waals surface area (Å²) in [4.78, 5) is 6.16. The van der Waals surface area contributed by atoms with Gasteiger partial charge in [0, 0.05) is 45.8 Å². The Morgan fingerprint density at radius 2 is 2.07 bits per heavy atom. The molecule has 11 heteroatoms. The smallest absolute Gasteiger partial charge is 0.220 e. The minimum Gasteiger partial charge on any atom is -0.505 e. The van der Waals surface area contributed by atoms with Gasteiger partial charge in [-0.15, -0.1) is 0 Å². The first-order chi connectivity index (χ1) is 13.4. The number of piperazine rings is 1. The van der Waals surface area contributed by atoms with E-state index in [0.29, 0.717) is 49.9 Å². The van der Waals surface area contributed by atoms with Crippen LogP contribution in [-0.2, 0) is 22.3 Å². The van der Waals surface area contributed by atoms with Crippen LogP contribution in [0.4, 0.5) is 4.39 Å². The summed E-state index contributed by atoms with van der Waals surface area (Å²) < 4.78 is 44.5. The molecule has 1 aromatic carbocycles. The molecule has 0 aliphatic carbocycles. The molecule has 1 aliphatic heterocycles. The number of guanidine groups is 1. The van der Waals surface area contributed by atoms with Gasteiger partial charge in [-0.2, -0.15) is 4.31 Å². The maximum Gasteiger partial charge on any atom is 0.220 e. The van der Waals surface area contributed by atoms with Crippen molar-refractivity contribution in [2.45, 2.75) is 12.3 Å². The first-order valence-corrected chi connectivity index (χ1v) is 10.3. The van der Waals surface area contributed by atoms with Gasteiger partial charge in [-0.3, -0.25) is 4.99 Å². The van der Waals surface area contributed by atoms with Gasteiger partial charge < -0.3 is 19.8 Å². The van der Waals surface area contributed by atoms with E-state index in [2.05, 4.69) is 20.0 Å². The van der Waals surface area contributed by atoms with E-state index < -0.39 is 21.6 Å². The molecule has 0 atom stereocenters. The van der Waals surface area contributed by atoms with Gasteiger partial charge in [0.25, 0.3) is 0 Å². The number of nitrogens with one attached hydrogen (secondary N) is 1. The van der Waals surface area contributed by atoms with Crippen LogP contribution in [-0.4, -0.2) is 67.1 Å². The Labute approximate surface area is 162 Å². The molecule has 2 aromatic rings. The van der Waals surface area contributed by atoms with Crippen LogP contribution in [0, 0.1) is 5.82 Å². The largest absolute Gasteiger partial charge is 0.505 e. The zero-order chi connectivity index (χ0) is 20.1. The number of nitrogens with zero attached hydrogens (tertiary/aromatic N) is 4. The van der Waals surface area contributed by atoms with Crippen LogP contribution in [0.1, 0.15) is 11.3 Å². The number of aromatic hydroxyl groups is 1. The molecule has 0 radical (unpaired) electrons. The minimum absolute atomic E-state index is 0.192. The van der Waals surface area contributed by atoms with Crippen LogP contribution in [0.5, 0.6) is 5.75 Å². The van der Waals surface area contributed by atoms with Gasteiger partial charge in [0.1, 0.15) is 12.0 Å². The van der Waals surface area contributed by atoms with Crippen LogP contribution < -0.4 is 5.32 Å². The van der Waals surface area contributed by atoms with Gasteiger partial charge in [0.2, 0.25) is 10.0 Å². The van der Waals surface area contributed by atoms with Gasteiger partial charge in [-0.1, -0.05) is 11.2 Å². The summed E-state index contributed by atoms with van der Waals surface area (Å²) in [5.74, 6) is -0.665. The summed E-state index contributed by atoms with van der Waals surface area (Å²) in [6.07, 6.45) is 1.35. The summed E-state index contributed by atoms with van der Waals surface area (Å²) in [6, 6.07) is 5.70. The third-order valence-electron chi connectivity index (χ3n) is 4.43. The third-order valence-corrected chi connectivity index (χ3v) is 6.24. The van der Waals surface area contributed by atoms with Crippen molar-refractivity contribution in [2.24, 2.45) is 4.99 Å². The molecule has 0 bridgehead atoms. The maximum atomic E-state index is 13.4. The summed E-state index contributed by atoms with van der Waals surface area (Å²) in [6.45, 7) is 1.93. The second kappa shape index (κ2) is 8.57. The SMILES string of the molecule is CN=C(NCc1ccc(O)c(F)c1)N1CCN(S(=O)(=O)Cc2ccon2)CC1. The summed E-state index contributed by atoms with van der Waals surface area (Å²) in [5.41, 5.74) is 1.03. The van der Waals surface area contributed by atoms with Crippen molar-refractivity contribution in [2.75, 3.05) is 33.2 Å². The number of rotatable bonds is 5. The van der Waals surface area contributed by atoms with E-state index in [4.69, 9.17) is 0 Å². The van der Waals surface area contributed by atoms with Gasteiger partial charge in [-0.05, 0) is 17.7 Å². The Balaban J connectivity index is 1.54. The molecule has 0 amide bonds. The maximum absolute atomic E-state index is 13.4. The average molecular weight is 411 g/mol. The van der Waals surface area contributed by atoms with Crippen LogP contribution in [0.2, 0.25) is 0 Å². The van der Waals surface area contributed by atoms with Crippen molar-refractivity contribution in [3.05, 3.63) is 47.6 Å². The number of aromatic nitrogens is 1. The molecule has 152 valence electrons. The van der Waals surface area contributed by atoms with E-state index in [1.165, 1.54) is 28.8 Å². The zero-order valence-electron chi connectivity index (χ0n) is 15.4. The number of aliphatic imine (C=N–C) groups is 1. The average Bonchev–Trinajstić information content (AvgIpc) is 3.18. The molecule has 0 saturated carbocycles. The molecular weight excluding hydrogens is 389 g/mol. The number of hydrogen-bond donors (Lipinski definition) is 2. The van der Waals surface area contributed by atoms with E-state index >= 15 is 0 Å². The lowest BCUT2D eigenvalue weighted by Gasteiger charge is -2.35. The van der Waals surface area contributed by atoms with Crippen molar-refractivity contribution in [3.63, 3.8) is 0 Å². The van der Waals surface area contributed by atoms with Crippen molar-refractivity contribution in [1.29, 1.82) is 0 Å². The highest BCUT2D eigenvalue weighted by Crippen LogP contribution is 2.16. The molecule has 1 saturated heterocycles. The molecule has 0 spiro atoms. The lowest BCUT2D eigenvalue weighted by atomic mass is 10.2. The normalized spacial score (nSPS) is 16.4. The second-order valence-electron chi connectivity index (χ2n) is 6.32. The quantitative estimate of drug-likeness (QED) is 0.551. The Bertz CT molecular complexity index is 925. The van der Waals surface area contributed by atoms with E-state index in [1.807, 2.05) is 4.90 Å². The molecule has 1 aromatic heterocycles. The molecule has 28 heavy (non-hydrogen) atoms.